The lowest BCUT2D eigenvalue weighted by molar-refractivity contribution is -0.146. The Morgan fingerprint density at radius 2 is 2.00 bits per heavy atom. The Kier molecular flexibility index (Phi) is 6.02. The van der Waals surface area contributed by atoms with Crippen LogP contribution >= 0.6 is 11.6 Å². The number of aryl methyl sites for hydroxylation is 1. The number of hydrogen-bond donors (Lipinski definition) is 1. The first kappa shape index (κ1) is 16.5. The van der Waals surface area contributed by atoms with Crippen LogP contribution in [-0.2, 0) is 20.7 Å². The van der Waals surface area contributed by atoms with Crippen LogP contribution < -0.4 is 5.32 Å². The highest BCUT2D eigenvalue weighted by Crippen LogP contribution is 2.18. The molecule has 0 fully saturated rings. The van der Waals surface area contributed by atoms with Crippen molar-refractivity contribution in [1.29, 1.82) is 0 Å². The number of esters is 1. The van der Waals surface area contributed by atoms with Gasteiger partial charge in [-0.05, 0) is 30.0 Å². The highest BCUT2D eigenvalue weighted by molar-refractivity contribution is 6.31. The summed E-state index contributed by atoms with van der Waals surface area (Å²) < 4.78 is 4.68. The van der Waals surface area contributed by atoms with E-state index >= 15 is 0 Å². The van der Waals surface area contributed by atoms with Crippen molar-refractivity contribution >= 4 is 23.5 Å². The van der Waals surface area contributed by atoms with E-state index in [2.05, 4.69) is 10.1 Å². The van der Waals surface area contributed by atoms with Crippen molar-refractivity contribution in [3.05, 3.63) is 34.3 Å². The lowest BCUT2D eigenvalue weighted by Crippen LogP contribution is -2.45. The predicted molar refractivity (Wildman–Crippen MR) is 78.7 cm³/mol. The van der Waals surface area contributed by atoms with Gasteiger partial charge in [0.05, 0.1) is 13.5 Å². The zero-order chi connectivity index (χ0) is 15.3. The van der Waals surface area contributed by atoms with Crippen molar-refractivity contribution in [3.63, 3.8) is 0 Å². The lowest BCUT2D eigenvalue weighted by Gasteiger charge is -2.20. The number of carbonyl (C=O) groups excluding carboxylic acids is 2. The van der Waals surface area contributed by atoms with Crippen molar-refractivity contribution in [2.75, 3.05) is 7.11 Å². The van der Waals surface area contributed by atoms with Crippen molar-refractivity contribution in [2.45, 2.75) is 33.2 Å². The van der Waals surface area contributed by atoms with E-state index in [0.717, 1.165) is 11.1 Å². The van der Waals surface area contributed by atoms with Gasteiger partial charge in [-0.25, -0.2) is 4.79 Å². The van der Waals surface area contributed by atoms with E-state index in [0.29, 0.717) is 5.02 Å². The second kappa shape index (κ2) is 7.29. The van der Waals surface area contributed by atoms with Gasteiger partial charge in [-0.2, -0.15) is 0 Å². The monoisotopic (exact) mass is 297 g/mol. The van der Waals surface area contributed by atoms with Gasteiger partial charge >= 0.3 is 5.97 Å². The molecule has 110 valence electrons. The number of rotatable bonds is 5. The van der Waals surface area contributed by atoms with Crippen molar-refractivity contribution in [3.8, 4) is 0 Å². The normalized spacial score (nSPS) is 12.1. The Morgan fingerprint density at radius 3 is 2.50 bits per heavy atom. The van der Waals surface area contributed by atoms with E-state index in [1.54, 1.807) is 0 Å². The number of hydrogen-bond acceptors (Lipinski definition) is 3. The molecule has 1 rings (SSSR count). The minimum Gasteiger partial charge on any atom is -0.467 e. The van der Waals surface area contributed by atoms with E-state index in [-0.39, 0.29) is 18.2 Å². The molecule has 0 aliphatic heterocycles. The minimum atomic E-state index is -0.642. The maximum absolute atomic E-state index is 12.0. The van der Waals surface area contributed by atoms with Gasteiger partial charge in [0, 0.05) is 5.02 Å². The summed E-state index contributed by atoms with van der Waals surface area (Å²) in [4.78, 5) is 23.6. The molecule has 0 radical (unpaired) electrons. The summed E-state index contributed by atoms with van der Waals surface area (Å²) in [7, 11) is 1.31. The van der Waals surface area contributed by atoms with Gasteiger partial charge in [0.15, 0.2) is 0 Å². The van der Waals surface area contributed by atoms with E-state index in [1.165, 1.54) is 7.11 Å². The van der Waals surface area contributed by atoms with Crippen LogP contribution in [-0.4, -0.2) is 25.0 Å². The van der Waals surface area contributed by atoms with E-state index in [1.807, 2.05) is 39.0 Å². The zero-order valence-electron chi connectivity index (χ0n) is 12.2. The molecule has 0 spiro atoms. The number of benzene rings is 1. The predicted octanol–water partition coefficient (Wildman–Crippen LogP) is 2.50. The standard InChI is InChI=1S/C15H20ClNO3/c1-9(2)14(15(19)20-4)17-13(18)8-11-6-5-10(3)7-12(11)16/h5-7,9,14H,8H2,1-4H3,(H,17,18). The largest absolute Gasteiger partial charge is 0.467 e. The lowest BCUT2D eigenvalue weighted by atomic mass is 10.0. The molecule has 1 N–H and O–H groups in total. The third kappa shape index (κ3) is 4.53. The number of methoxy groups -OCH3 is 1. The quantitative estimate of drug-likeness (QED) is 0.850. The Morgan fingerprint density at radius 1 is 1.35 bits per heavy atom. The summed E-state index contributed by atoms with van der Waals surface area (Å²) in [5.41, 5.74) is 1.77. The molecular formula is C15H20ClNO3. The number of ether oxygens (including phenoxy) is 1. The van der Waals surface area contributed by atoms with Crippen LogP contribution in [0.5, 0.6) is 0 Å². The molecule has 1 unspecified atom stereocenters. The van der Waals surface area contributed by atoms with E-state index in [9.17, 15) is 9.59 Å². The van der Waals surface area contributed by atoms with Crippen molar-refractivity contribution < 1.29 is 14.3 Å². The van der Waals surface area contributed by atoms with Gasteiger partial charge in [-0.1, -0.05) is 37.6 Å². The summed E-state index contributed by atoms with van der Waals surface area (Å²) >= 11 is 6.09. The van der Waals surface area contributed by atoms with Gasteiger partial charge < -0.3 is 10.1 Å². The molecule has 0 aliphatic rings. The first-order valence-corrected chi connectivity index (χ1v) is 6.85. The topological polar surface area (TPSA) is 55.4 Å². The molecule has 0 aromatic heterocycles. The Bertz CT molecular complexity index is 500. The van der Waals surface area contributed by atoms with Crippen LogP contribution in [0.4, 0.5) is 0 Å². The maximum Gasteiger partial charge on any atom is 0.328 e. The highest BCUT2D eigenvalue weighted by Gasteiger charge is 2.24. The van der Waals surface area contributed by atoms with Gasteiger partial charge in [-0.15, -0.1) is 0 Å². The molecule has 0 saturated heterocycles. The maximum atomic E-state index is 12.0. The SMILES string of the molecule is COC(=O)C(NC(=O)Cc1ccc(C)cc1Cl)C(C)C. The summed E-state index contributed by atoms with van der Waals surface area (Å²) in [5, 5.41) is 3.24. The summed E-state index contributed by atoms with van der Waals surface area (Å²) in [6.45, 7) is 5.63. The summed E-state index contributed by atoms with van der Waals surface area (Å²) in [5.74, 6) is -0.733. The van der Waals surface area contributed by atoms with Crippen LogP contribution in [0.3, 0.4) is 0 Å². The number of halogens is 1. The van der Waals surface area contributed by atoms with Crippen molar-refractivity contribution in [2.24, 2.45) is 5.92 Å². The molecule has 0 aliphatic carbocycles. The molecule has 1 atom stereocenters. The molecule has 1 aromatic carbocycles. The summed E-state index contributed by atoms with van der Waals surface area (Å²) in [6.07, 6.45) is 0.138. The highest BCUT2D eigenvalue weighted by atomic mass is 35.5. The van der Waals surface area contributed by atoms with E-state index < -0.39 is 12.0 Å². The van der Waals surface area contributed by atoms with Crippen LogP contribution in [0.15, 0.2) is 18.2 Å². The average molecular weight is 298 g/mol. The average Bonchev–Trinajstić information content (AvgIpc) is 2.38. The number of nitrogens with one attached hydrogen (secondary N) is 1. The minimum absolute atomic E-state index is 0.0418. The second-order valence-electron chi connectivity index (χ2n) is 5.08. The molecule has 0 heterocycles. The molecule has 20 heavy (non-hydrogen) atoms. The number of amides is 1. The van der Waals surface area contributed by atoms with Crippen LogP contribution in [0.1, 0.15) is 25.0 Å². The zero-order valence-corrected chi connectivity index (χ0v) is 13.0. The third-order valence-electron chi connectivity index (χ3n) is 3.00. The van der Waals surface area contributed by atoms with Gasteiger partial charge in [0.1, 0.15) is 6.04 Å². The van der Waals surface area contributed by atoms with Crippen LogP contribution in [0.2, 0.25) is 5.02 Å². The molecule has 0 saturated carbocycles. The van der Waals surface area contributed by atoms with Gasteiger partial charge in [0.2, 0.25) is 5.91 Å². The molecular weight excluding hydrogens is 278 g/mol. The van der Waals surface area contributed by atoms with Gasteiger partial charge in [-0.3, -0.25) is 4.79 Å². The molecule has 4 nitrogen and oxygen atoms in total. The fraction of sp³-hybridized carbons (Fsp3) is 0.467. The second-order valence-corrected chi connectivity index (χ2v) is 5.49. The smallest absolute Gasteiger partial charge is 0.328 e. The first-order valence-electron chi connectivity index (χ1n) is 6.47. The van der Waals surface area contributed by atoms with Crippen LogP contribution in [0, 0.1) is 12.8 Å². The third-order valence-corrected chi connectivity index (χ3v) is 3.35. The molecule has 5 heteroatoms. The molecule has 1 amide bonds. The van der Waals surface area contributed by atoms with E-state index in [4.69, 9.17) is 11.6 Å². The molecule has 1 aromatic rings. The van der Waals surface area contributed by atoms with Crippen LogP contribution in [0.25, 0.3) is 0 Å². The number of carbonyl (C=O) groups is 2. The first-order chi connectivity index (χ1) is 9.35. The Labute approximate surface area is 124 Å². The fourth-order valence-electron chi connectivity index (χ4n) is 1.82. The molecule has 0 bridgehead atoms. The fourth-order valence-corrected chi connectivity index (χ4v) is 2.12. The van der Waals surface area contributed by atoms with Gasteiger partial charge in [0.25, 0.3) is 0 Å². The summed E-state index contributed by atoms with van der Waals surface area (Å²) in [6, 6.07) is 4.88. The Hall–Kier alpha value is -1.55. The van der Waals surface area contributed by atoms with Crippen molar-refractivity contribution in [1.82, 2.24) is 5.32 Å². The Balaban J connectivity index is 2.73.